The van der Waals surface area contributed by atoms with Crippen molar-refractivity contribution in [3.8, 4) is 0 Å². The second-order valence-electron chi connectivity index (χ2n) is 9.10. The molecular formula is C22H39N5O4S. The van der Waals surface area contributed by atoms with Crippen molar-refractivity contribution in [1.29, 1.82) is 0 Å². The van der Waals surface area contributed by atoms with Crippen molar-refractivity contribution in [2.75, 3.05) is 58.9 Å². The van der Waals surface area contributed by atoms with E-state index in [1.807, 2.05) is 6.92 Å². The van der Waals surface area contributed by atoms with Crippen molar-refractivity contribution < 1.29 is 17.7 Å². The molecule has 0 aromatic carbocycles. The first kappa shape index (κ1) is 25.1. The van der Waals surface area contributed by atoms with Gasteiger partial charge in [-0.1, -0.05) is 19.0 Å². The van der Waals surface area contributed by atoms with Gasteiger partial charge in [0.25, 0.3) is 0 Å². The van der Waals surface area contributed by atoms with Gasteiger partial charge in [0.2, 0.25) is 15.9 Å². The molecule has 10 heteroatoms. The van der Waals surface area contributed by atoms with Gasteiger partial charge in [-0.05, 0) is 52.1 Å². The molecule has 32 heavy (non-hydrogen) atoms. The third-order valence-electron chi connectivity index (χ3n) is 7.05. The Bertz CT molecular complexity index is 836. The topological polar surface area (TPSA) is 99.0 Å². The standard InChI is InChI=1S/C22H39N5O4S/c1-5-25-13-15-26(16-14-25)10-6-9-23-22(28)17(2)20-7-11-27(12-8-20)32(29,30)21-18(3)24-31-19(21)4/h17,20H,5-16H2,1-4H3,(H,23,28)/t17-/m0/s1. The molecule has 2 saturated heterocycles. The molecule has 0 spiro atoms. The van der Waals surface area contributed by atoms with Crippen molar-refractivity contribution in [3.63, 3.8) is 0 Å². The summed E-state index contributed by atoms with van der Waals surface area (Å²) >= 11 is 0. The van der Waals surface area contributed by atoms with Gasteiger partial charge >= 0.3 is 0 Å². The fraction of sp³-hybridized carbons (Fsp3) is 0.818. The molecule has 3 rings (SSSR count). The number of piperidine rings is 1. The molecule has 0 aliphatic carbocycles. The van der Waals surface area contributed by atoms with Crippen LogP contribution in [0.3, 0.4) is 0 Å². The van der Waals surface area contributed by atoms with E-state index in [0.717, 1.165) is 45.7 Å². The Morgan fingerprint density at radius 2 is 1.75 bits per heavy atom. The second-order valence-corrected chi connectivity index (χ2v) is 11.0. The Morgan fingerprint density at radius 1 is 1.12 bits per heavy atom. The zero-order chi connectivity index (χ0) is 23.3. The van der Waals surface area contributed by atoms with Crippen LogP contribution in [-0.4, -0.2) is 92.5 Å². The van der Waals surface area contributed by atoms with Crippen LogP contribution >= 0.6 is 0 Å². The average molecular weight is 470 g/mol. The summed E-state index contributed by atoms with van der Waals surface area (Å²) in [5.41, 5.74) is 0.393. The van der Waals surface area contributed by atoms with E-state index in [4.69, 9.17) is 4.52 Å². The molecule has 0 saturated carbocycles. The van der Waals surface area contributed by atoms with Crippen molar-refractivity contribution in [2.45, 2.75) is 51.9 Å². The molecule has 1 amide bonds. The van der Waals surface area contributed by atoms with E-state index >= 15 is 0 Å². The van der Waals surface area contributed by atoms with Gasteiger partial charge in [-0.15, -0.1) is 0 Å². The third-order valence-corrected chi connectivity index (χ3v) is 9.19. The molecule has 0 radical (unpaired) electrons. The number of hydrogen-bond donors (Lipinski definition) is 1. The third kappa shape index (κ3) is 5.89. The van der Waals surface area contributed by atoms with Gasteiger partial charge in [-0.3, -0.25) is 4.79 Å². The van der Waals surface area contributed by atoms with Crippen LogP contribution in [0.1, 0.15) is 44.6 Å². The Kier molecular flexibility index (Phi) is 8.71. The molecule has 2 aliphatic heterocycles. The van der Waals surface area contributed by atoms with Crippen LogP contribution in [0.15, 0.2) is 9.42 Å². The van der Waals surface area contributed by atoms with Gasteiger partial charge in [0.1, 0.15) is 10.6 Å². The highest BCUT2D eigenvalue weighted by molar-refractivity contribution is 7.89. The maximum atomic E-state index is 13.0. The lowest BCUT2D eigenvalue weighted by Gasteiger charge is -2.34. The minimum absolute atomic E-state index is 0.0767. The zero-order valence-corrected chi connectivity index (χ0v) is 20.8. The Morgan fingerprint density at radius 3 is 2.31 bits per heavy atom. The van der Waals surface area contributed by atoms with E-state index < -0.39 is 10.0 Å². The normalized spacial score (nSPS) is 21.0. The summed E-state index contributed by atoms with van der Waals surface area (Å²) in [7, 11) is -3.61. The largest absolute Gasteiger partial charge is 0.360 e. The SMILES string of the molecule is CCN1CCN(CCCNC(=O)[C@@H](C)C2CCN(S(=O)(=O)c3c(C)noc3C)CC2)CC1. The number of nitrogens with one attached hydrogen (secondary N) is 1. The van der Waals surface area contributed by atoms with Gasteiger partial charge in [0, 0.05) is 51.7 Å². The van der Waals surface area contributed by atoms with Gasteiger partial charge in [-0.25, -0.2) is 8.42 Å². The lowest BCUT2D eigenvalue weighted by Crippen LogP contribution is -2.47. The number of amides is 1. The van der Waals surface area contributed by atoms with Crippen LogP contribution in [-0.2, 0) is 14.8 Å². The Labute approximate surface area is 192 Å². The number of rotatable bonds is 9. The monoisotopic (exact) mass is 469 g/mol. The Balaban J connectivity index is 1.39. The number of piperazine rings is 1. The first-order valence-corrected chi connectivity index (χ1v) is 13.3. The lowest BCUT2D eigenvalue weighted by molar-refractivity contribution is -0.126. The fourth-order valence-corrected chi connectivity index (χ4v) is 6.57. The second kappa shape index (κ2) is 11.1. The molecule has 0 bridgehead atoms. The van der Waals surface area contributed by atoms with Crippen molar-refractivity contribution in [3.05, 3.63) is 11.5 Å². The summed E-state index contributed by atoms with van der Waals surface area (Å²) in [6.45, 7) is 15.6. The molecule has 9 nitrogen and oxygen atoms in total. The summed E-state index contributed by atoms with van der Waals surface area (Å²) in [6.07, 6.45) is 2.32. The zero-order valence-electron chi connectivity index (χ0n) is 20.0. The molecule has 1 atom stereocenters. The van der Waals surface area contributed by atoms with Crippen LogP contribution in [0.2, 0.25) is 0 Å². The molecule has 3 heterocycles. The highest BCUT2D eigenvalue weighted by Crippen LogP contribution is 2.30. The van der Waals surface area contributed by atoms with Gasteiger partial charge < -0.3 is 19.6 Å². The number of aryl methyl sites for hydroxylation is 2. The van der Waals surface area contributed by atoms with Crippen molar-refractivity contribution in [2.24, 2.45) is 11.8 Å². The summed E-state index contributed by atoms with van der Waals surface area (Å²) in [6, 6.07) is 0. The predicted octanol–water partition coefficient (Wildman–Crippen LogP) is 1.47. The highest BCUT2D eigenvalue weighted by Gasteiger charge is 2.36. The Hall–Kier alpha value is -1.49. The summed E-state index contributed by atoms with van der Waals surface area (Å²) in [4.78, 5) is 17.8. The molecule has 0 unspecified atom stereocenters. The number of nitrogens with zero attached hydrogens (tertiary/aromatic N) is 4. The quantitative estimate of drug-likeness (QED) is 0.547. The highest BCUT2D eigenvalue weighted by atomic mass is 32.2. The van der Waals surface area contributed by atoms with E-state index in [9.17, 15) is 13.2 Å². The van der Waals surface area contributed by atoms with Gasteiger partial charge in [0.15, 0.2) is 5.76 Å². The summed E-state index contributed by atoms with van der Waals surface area (Å²) in [5, 5.41) is 6.87. The average Bonchev–Trinajstić information content (AvgIpc) is 3.15. The lowest BCUT2D eigenvalue weighted by atomic mass is 9.85. The van der Waals surface area contributed by atoms with E-state index in [-0.39, 0.29) is 22.6 Å². The number of carbonyl (C=O) groups excluding carboxylic acids is 1. The van der Waals surface area contributed by atoms with E-state index in [2.05, 4.69) is 27.2 Å². The molecule has 182 valence electrons. The number of carbonyl (C=O) groups is 1. The van der Waals surface area contributed by atoms with Crippen LogP contribution < -0.4 is 5.32 Å². The number of likely N-dealkylation sites (N-methyl/N-ethyl adjacent to an activating group) is 1. The van der Waals surface area contributed by atoms with Gasteiger partial charge in [-0.2, -0.15) is 4.31 Å². The number of sulfonamides is 1. The van der Waals surface area contributed by atoms with Crippen molar-refractivity contribution >= 4 is 15.9 Å². The van der Waals surface area contributed by atoms with Gasteiger partial charge in [0.05, 0.1) is 0 Å². The smallest absolute Gasteiger partial charge is 0.248 e. The van der Waals surface area contributed by atoms with Crippen LogP contribution in [0.5, 0.6) is 0 Å². The maximum absolute atomic E-state index is 13.0. The van der Waals surface area contributed by atoms with E-state index in [0.29, 0.717) is 43.9 Å². The van der Waals surface area contributed by atoms with E-state index in [1.165, 1.54) is 4.31 Å². The first-order valence-electron chi connectivity index (χ1n) is 11.9. The molecule has 2 aliphatic rings. The molecule has 1 aromatic heterocycles. The molecule has 2 fully saturated rings. The summed E-state index contributed by atoms with van der Waals surface area (Å²) < 4.78 is 32.5. The minimum Gasteiger partial charge on any atom is -0.360 e. The first-order chi connectivity index (χ1) is 15.2. The van der Waals surface area contributed by atoms with Crippen LogP contribution in [0.4, 0.5) is 0 Å². The maximum Gasteiger partial charge on any atom is 0.248 e. The molecule has 1 N–H and O–H groups in total. The number of hydrogen-bond acceptors (Lipinski definition) is 7. The fourth-order valence-electron chi connectivity index (χ4n) is 4.81. The summed E-state index contributed by atoms with van der Waals surface area (Å²) in [5.74, 6) is 0.470. The van der Waals surface area contributed by atoms with Crippen LogP contribution in [0, 0.1) is 25.7 Å². The molecule has 1 aromatic rings. The van der Waals surface area contributed by atoms with Crippen LogP contribution in [0.25, 0.3) is 0 Å². The van der Waals surface area contributed by atoms with Crippen molar-refractivity contribution in [1.82, 2.24) is 24.6 Å². The predicted molar refractivity (Wildman–Crippen MR) is 123 cm³/mol. The minimum atomic E-state index is -3.61. The molecular weight excluding hydrogens is 430 g/mol. The number of aromatic nitrogens is 1. The van der Waals surface area contributed by atoms with E-state index in [1.54, 1.807) is 13.8 Å².